The van der Waals surface area contributed by atoms with Gasteiger partial charge < -0.3 is 20.3 Å². The quantitative estimate of drug-likeness (QED) is 0.0320. The molecule has 0 aromatic rings. The number of carbonyl (C=O) groups excluding carboxylic acids is 2. The second-order valence-corrected chi connectivity index (χ2v) is 24.9. The SMILES string of the molecule is CCCCCCCC/C=C\CCCCCCCC(=O)OCCCCCCCCCCCCCCCCCCCCCCCCCCCCCCCCC(=O)NC(CO)C(O)CCCCCCCCCCCCCCCCCC. The lowest BCUT2D eigenvalue weighted by molar-refractivity contribution is -0.143. The first kappa shape index (κ1) is 76.6. The van der Waals surface area contributed by atoms with E-state index in [-0.39, 0.29) is 18.5 Å². The van der Waals surface area contributed by atoms with E-state index in [0.29, 0.717) is 25.9 Å². The molecule has 2 atom stereocenters. The van der Waals surface area contributed by atoms with Gasteiger partial charge in [-0.1, -0.05) is 360 Å². The summed E-state index contributed by atoms with van der Waals surface area (Å²) in [5.74, 6) is -0.0142. The molecule has 0 bridgehead atoms. The van der Waals surface area contributed by atoms with Gasteiger partial charge in [-0.2, -0.15) is 0 Å². The van der Waals surface area contributed by atoms with Crippen molar-refractivity contribution in [3.05, 3.63) is 12.2 Å². The van der Waals surface area contributed by atoms with E-state index >= 15 is 0 Å². The van der Waals surface area contributed by atoms with Crippen molar-refractivity contribution in [3.63, 3.8) is 0 Å². The van der Waals surface area contributed by atoms with Gasteiger partial charge in [0, 0.05) is 12.8 Å². The first-order chi connectivity index (χ1) is 38.5. The van der Waals surface area contributed by atoms with Gasteiger partial charge in [0.05, 0.1) is 25.4 Å². The van der Waals surface area contributed by atoms with Gasteiger partial charge in [-0.3, -0.25) is 9.59 Å². The molecule has 0 aliphatic rings. The van der Waals surface area contributed by atoms with E-state index in [0.717, 1.165) is 44.9 Å². The third-order valence-electron chi connectivity index (χ3n) is 17.1. The number of aliphatic hydroxyl groups is 2. The topological polar surface area (TPSA) is 95.9 Å². The molecule has 3 N–H and O–H groups in total. The van der Waals surface area contributed by atoms with Gasteiger partial charge in [0.25, 0.3) is 0 Å². The lowest BCUT2D eigenvalue weighted by Crippen LogP contribution is -2.45. The van der Waals surface area contributed by atoms with Crippen molar-refractivity contribution < 1.29 is 24.5 Å². The Morgan fingerprint density at radius 2 is 0.603 bits per heavy atom. The van der Waals surface area contributed by atoms with E-state index in [1.165, 1.54) is 334 Å². The normalized spacial score (nSPS) is 12.5. The molecule has 6 nitrogen and oxygen atoms in total. The second kappa shape index (κ2) is 68.1. The predicted octanol–water partition coefficient (Wildman–Crippen LogP) is 23.1. The molecular weight excluding hydrogens is 959 g/mol. The highest BCUT2D eigenvalue weighted by atomic mass is 16.5. The van der Waals surface area contributed by atoms with Gasteiger partial charge in [0.1, 0.15) is 0 Å². The summed E-state index contributed by atoms with van der Waals surface area (Å²) in [6, 6.07) is -0.538. The number of hydrogen-bond donors (Lipinski definition) is 3. The van der Waals surface area contributed by atoms with Crippen molar-refractivity contribution in [1.29, 1.82) is 0 Å². The highest BCUT2D eigenvalue weighted by molar-refractivity contribution is 5.76. The Hall–Kier alpha value is -1.40. The van der Waals surface area contributed by atoms with Gasteiger partial charge in [-0.05, 0) is 51.4 Å². The molecule has 0 aliphatic carbocycles. The van der Waals surface area contributed by atoms with Crippen LogP contribution < -0.4 is 5.32 Å². The van der Waals surface area contributed by atoms with Gasteiger partial charge in [-0.15, -0.1) is 0 Å². The summed E-state index contributed by atoms with van der Waals surface area (Å²) in [4.78, 5) is 24.6. The molecule has 0 radical (unpaired) electrons. The average molecular weight is 1100 g/mol. The molecule has 464 valence electrons. The first-order valence-electron chi connectivity index (χ1n) is 35.9. The smallest absolute Gasteiger partial charge is 0.305 e. The number of nitrogens with one attached hydrogen (secondary N) is 1. The van der Waals surface area contributed by atoms with E-state index in [9.17, 15) is 19.8 Å². The summed E-state index contributed by atoms with van der Waals surface area (Å²) in [5, 5.41) is 23.4. The largest absolute Gasteiger partial charge is 0.466 e. The summed E-state index contributed by atoms with van der Waals surface area (Å²) >= 11 is 0. The number of unbranched alkanes of at least 4 members (excludes halogenated alkanes) is 55. The molecule has 0 spiro atoms. The zero-order chi connectivity index (χ0) is 56.4. The minimum absolute atomic E-state index is 0.0131. The van der Waals surface area contributed by atoms with Gasteiger partial charge >= 0.3 is 5.97 Å². The fourth-order valence-electron chi connectivity index (χ4n) is 11.6. The van der Waals surface area contributed by atoms with Crippen LogP contribution in [0.2, 0.25) is 0 Å². The number of hydrogen-bond acceptors (Lipinski definition) is 5. The van der Waals surface area contributed by atoms with Crippen molar-refractivity contribution in [2.24, 2.45) is 0 Å². The lowest BCUT2D eigenvalue weighted by Gasteiger charge is -2.22. The fourth-order valence-corrected chi connectivity index (χ4v) is 11.6. The van der Waals surface area contributed by atoms with Crippen molar-refractivity contribution in [3.8, 4) is 0 Å². The molecule has 0 heterocycles. The molecule has 0 aromatic heterocycles. The van der Waals surface area contributed by atoms with Gasteiger partial charge in [0.15, 0.2) is 0 Å². The van der Waals surface area contributed by atoms with E-state index in [1.54, 1.807) is 0 Å². The summed E-state index contributed by atoms with van der Waals surface area (Å²) in [6.45, 7) is 4.99. The van der Waals surface area contributed by atoms with E-state index in [2.05, 4.69) is 31.3 Å². The van der Waals surface area contributed by atoms with Crippen molar-refractivity contribution in [1.82, 2.24) is 5.32 Å². The number of amides is 1. The molecule has 1 amide bonds. The first-order valence-corrected chi connectivity index (χ1v) is 35.9. The molecule has 0 saturated carbocycles. The molecule has 0 aromatic carbocycles. The number of allylic oxidation sites excluding steroid dienone is 2. The summed E-state index contributed by atoms with van der Waals surface area (Å²) < 4.78 is 5.49. The predicted molar refractivity (Wildman–Crippen MR) is 343 cm³/mol. The Morgan fingerprint density at radius 3 is 0.910 bits per heavy atom. The second-order valence-electron chi connectivity index (χ2n) is 24.9. The Bertz CT molecular complexity index is 1180. The standard InChI is InChI=1S/C72H141NO5/c1-3-5-7-9-11-13-15-17-19-37-40-44-48-52-56-60-64-70(75)69(68-74)73-71(76)65-61-57-53-49-45-41-38-34-32-30-28-26-24-22-20-21-23-25-27-29-31-33-35-39-43-47-51-55-59-63-67-78-72(77)66-62-58-54-50-46-42-36-18-16-14-12-10-8-6-4-2/h18,36,69-70,74-75H,3-17,19-35,37-68H2,1-2H3,(H,73,76)/b36-18-. The highest BCUT2D eigenvalue weighted by Crippen LogP contribution is 2.19. The maximum atomic E-state index is 12.5. The molecule has 0 saturated heterocycles. The number of rotatable bonds is 68. The van der Waals surface area contributed by atoms with Crippen molar-refractivity contribution >= 4 is 11.9 Å². The summed E-state index contributed by atoms with van der Waals surface area (Å²) in [5.41, 5.74) is 0. The zero-order valence-corrected chi connectivity index (χ0v) is 53.2. The van der Waals surface area contributed by atoms with Crippen LogP contribution in [0.15, 0.2) is 12.2 Å². The van der Waals surface area contributed by atoms with Gasteiger partial charge in [0.2, 0.25) is 5.91 Å². The van der Waals surface area contributed by atoms with Crippen molar-refractivity contribution in [2.75, 3.05) is 13.2 Å². The Balaban J connectivity index is 3.32. The highest BCUT2D eigenvalue weighted by Gasteiger charge is 2.20. The van der Waals surface area contributed by atoms with Crippen molar-refractivity contribution in [2.45, 2.75) is 424 Å². The number of ether oxygens (including phenoxy) is 1. The maximum absolute atomic E-state index is 12.5. The molecule has 0 aliphatic heterocycles. The van der Waals surface area contributed by atoms with Crippen LogP contribution in [0.25, 0.3) is 0 Å². The van der Waals surface area contributed by atoms with E-state index < -0.39 is 12.1 Å². The molecule has 78 heavy (non-hydrogen) atoms. The Morgan fingerprint density at radius 1 is 0.346 bits per heavy atom. The maximum Gasteiger partial charge on any atom is 0.305 e. The van der Waals surface area contributed by atoms with Crippen LogP contribution >= 0.6 is 0 Å². The zero-order valence-electron chi connectivity index (χ0n) is 53.2. The monoisotopic (exact) mass is 1100 g/mol. The van der Waals surface area contributed by atoms with E-state index in [1.807, 2.05) is 0 Å². The molecular formula is C72H141NO5. The Labute approximate surface area is 489 Å². The summed E-state index contributed by atoms with van der Waals surface area (Å²) in [6.07, 6.45) is 84.1. The number of carbonyl (C=O) groups is 2. The van der Waals surface area contributed by atoms with Crippen LogP contribution in [0.1, 0.15) is 412 Å². The lowest BCUT2D eigenvalue weighted by atomic mass is 10.0. The number of aliphatic hydroxyl groups excluding tert-OH is 2. The number of esters is 1. The Kier molecular flexibility index (Phi) is 66.9. The van der Waals surface area contributed by atoms with Gasteiger partial charge in [-0.25, -0.2) is 0 Å². The minimum Gasteiger partial charge on any atom is -0.466 e. The van der Waals surface area contributed by atoms with E-state index in [4.69, 9.17) is 4.74 Å². The van der Waals surface area contributed by atoms with Crippen LogP contribution in [0.3, 0.4) is 0 Å². The molecule has 2 unspecified atom stereocenters. The van der Waals surface area contributed by atoms with Crippen LogP contribution in [-0.4, -0.2) is 47.4 Å². The van der Waals surface area contributed by atoms with Crippen LogP contribution in [-0.2, 0) is 14.3 Å². The molecule has 0 fully saturated rings. The average Bonchev–Trinajstić information content (AvgIpc) is 3.44. The molecule has 0 rings (SSSR count). The minimum atomic E-state index is -0.661. The summed E-state index contributed by atoms with van der Waals surface area (Å²) in [7, 11) is 0. The fraction of sp³-hybridized carbons (Fsp3) is 0.944. The van der Waals surface area contributed by atoms with Crippen LogP contribution in [0, 0.1) is 0 Å². The molecule has 6 heteroatoms. The van der Waals surface area contributed by atoms with Crippen LogP contribution in [0.5, 0.6) is 0 Å². The van der Waals surface area contributed by atoms with Crippen LogP contribution in [0.4, 0.5) is 0 Å². The third kappa shape index (κ3) is 63.8. The third-order valence-corrected chi connectivity index (χ3v) is 17.1.